The van der Waals surface area contributed by atoms with Crippen LogP contribution in [0.1, 0.15) is 66.0 Å². The molecular weight excluding hydrogens is 797 g/mol. The molecule has 4 bridgehead atoms. The highest BCUT2D eigenvalue weighted by atomic mass is 15.3. The molecule has 20 nitrogen and oxygen atoms in total. The van der Waals surface area contributed by atoms with Crippen molar-refractivity contribution in [1.29, 1.82) is 42.7 Å². The van der Waals surface area contributed by atoms with Gasteiger partial charge in [-0.05, 0) is 74.0 Å². The number of aromatic nitrogens is 2. The van der Waals surface area contributed by atoms with Crippen molar-refractivity contribution in [1.82, 2.24) is 60.6 Å². The molecule has 5 rings (SSSR count). The standard InChI is InChI=1S/C43H56N20/c44-30-52-40(48)60-20-2-1-16-58(17-5-21-61(41(49)53-31-45)27-37-9-3-8-36(26-60)56-37)24-34-12-14-35(15-13-34)25-59-18-6-22-62(42(50)54-32-46)28-38-10-4-11-39(57-38)29-63(23-7-19-59)43(51)55-33-47/h3-4,8-15H,1-2,5-7,16-29H2,(H2,48,52)(H2,49,53)(H2,50,54)(H2,51,55). The van der Waals surface area contributed by atoms with Gasteiger partial charge in [-0.3, -0.25) is 62.7 Å². The van der Waals surface area contributed by atoms with Crippen molar-refractivity contribution in [2.45, 2.75) is 71.4 Å². The zero-order valence-electron chi connectivity index (χ0n) is 35.6. The Hall–Kier alpha value is -7.52. The highest BCUT2D eigenvalue weighted by Gasteiger charge is 2.19. The van der Waals surface area contributed by atoms with Gasteiger partial charge >= 0.3 is 0 Å². The zero-order chi connectivity index (χ0) is 44.8. The van der Waals surface area contributed by atoms with Crippen LogP contribution in [0.2, 0.25) is 0 Å². The summed E-state index contributed by atoms with van der Waals surface area (Å²) in [5, 5.41) is 81.0. The lowest BCUT2D eigenvalue weighted by Gasteiger charge is -2.29. The maximum absolute atomic E-state index is 9.30. The molecule has 0 saturated heterocycles. The van der Waals surface area contributed by atoms with Crippen LogP contribution in [0.3, 0.4) is 0 Å². The van der Waals surface area contributed by atoms with Crippen molar-refractivity contribution in [3.63, 3.8) is 0 Å². The number of fused-ring (bicyclic) bond motifs is 4. The fraction of sp³-hybridized carbons (Fsp3) is 0.442. The van der Waals surface area contributed by atoms with Crippen LogP contribution in [0.15, 0.2) is 60.7 Å². The maximum atomic E-state index is 9.30. The third-order valence-electron chi connectivity index (χ3n) is 10.8. The highest BCUT2D eigenvalue weighted by molar-refractivity contribution is 5.79. The first-order chi connectivity index (χ1) is 30.7. The molecule has 4 heterocycles. The summed E-state index contributed by atoms with van der Waals surface area (Å²) in [7, 11) is 0. The summed E-state index contributed by atoms with van der Waals surface area (Å²) in [6.45, 7) is 7.98. The van der Waals surface area contributed by atoms with Crippen molar-refractivity contribution < 1.29 is 0 Å². The van der Waals surface area contributed by atoms with Gasteiger partial charge in [0.25, 0.3) is 0 Å². The molecule has 0 radical (unpaired) electrons. The molecule has 2 aliphatic rings. The van der Waals surface area contributed by atoms with Crippen molar-refractivity contribution >= 4 is 23.8 Å². The lowest BCUT2D eigenvalue weighted by atomic mass is 10.1. The van der Waals surface area contributed by atoms with Crippen LogP contribution < -0.4 is 21.3 Å². The van der Waals surface area contributed by atoms with E-state index >= 15 is 0 Å². The van der Waals surface area contributed by atoms with Gasteiger partial charge in [0, 0.05) is 58.9 Å². The molecule has 0 unspecified atom stereocenters. The van der Waals surface area contributed by atoms with Gasteiger partial charge in [-0.2, -0.15) is 21.0 Å². The van der Waals surface area contributed by atoms with Gasteiger partial charge < -0.3 is 19.6 Å². The second-order valence-electron chi connectivity index (χ2n) is 15.4. The first-order valence-electron chi connectivity index (χ1n) is 21.0. The fourth-order valence-electron chi connectivity index (χ4n) is 7.70. The Morgan fingerprint density at radius 3 is 1.00 bits per heavy atom. The number of rotatable bonds is 4. The van der Waals surface area contributed by atoms with Crippen molar-refractivity contribution in [3.05, 3.63) is 94.6 Å². The van der Waals surface area contributed by atoms with Gasteiger partial charge in [0.05, 0.1) is 49.0 Å². The van der Waals surface area contributed by atoms with Gasteiger partial charge in [0.15, 0.2) is 24.8 Å². The second-order valence-corrected chi connectivity index (χ2v) is 15.4. The van der Waals surface area contributed by atoms with E-state index in [4.69, 9.17) is 31.6 Å². The summed E-state index contributed by atoms with van der Waals surface area (Å²) in [5.41, 5.74) is 5.26. The first-order valence-corrected chi connectivity index (χ1v) is 21.0. The zero-order valence-corrected chi connectivity index (χ0v) is 35.6. The van der Waals surface area contributed by atoms with E-state index in [0.717, 1.165) is 92.2 Å². The summed E-state index contributed by atoms with van der Waals surface area (Å²) in [6, 6.07) is 20.0. The van der Waals surface area contributed by atoms with Crippen molar-refractivity contribution in [2.75, 3.05) is 52.4 Å². The third kappa shape index (κ3) is 15.2. The number of nitriles is 4. The number of nitrogens with zero attached hydrogens (tertiary/aromatic N) is 12. The minimum absolute atomic E-state index is 0.00828. The molecule has 0 atom stereocenters. The molecule has 0 spiro atoms. The first kappa shape index (κ1) is 46.5. The molecule has 2 aromatic heterocycles. The highest BCUT2D eigenvalue weighted by Crippen LogP contribution is 2.16. The van der Waals surface area contributed by atoms with Crippen molar-refractivity contribution in [3.8, 4) is 24.8 Å². The van der Waals surface area contributed by atoms with E-state index in [0.29, 0.717) is 65.4 Å². The molecule has 3 aromatic rings. The SMILES string of the molecule is N#CNC(=N)N1CCCCN(Cc2ccc(CN3CCCN(C(=N)NC#N)Cc4cccc(n4)CN(C(=N)NC#N)CCC3)cc2)CCCN(C(=N)NC#N)Cc2cccc(n2)C1. The number of hydrogen-bond donors (Lipinski definition) is 8. The average Bonchev–Trinajstić information content (AvgIpc) is 3.27. The lowest BCUT2D eigenvalue weighted by molar-refractivity contribution is 0.232. The Balaban J connectivity index is 1.28. The van der Waals surface area contributed by atoms with E-state index in [9.17, 15) is 21.0 Å². The lowest BCUT2D eigenvalue weighted by Crippen LogP contribution is -2.41. The summed E-state index contributed by atoms with van der Waals surface area (Å²) in [6.07, 6.45) is 11.3. The molecule has 0 aliphatic carbocycles. The molecule has 1 aromatic carbocycles. The van der Waals surface area contributed by atoms with Gasteiger partial charge in [-0.25, -0.2) is 0 Å². The Morgan fingerprint density at radius 2 is 0.698 bits per heavy atom. The number of nitrogens with one attached hydrogen (secondary N) is 8. The maximum Gasteiger partial charge on any atom is 0.204 e. The summed E-state index contributed by atoms with van der Waals surface area (Å²) < 4.78 is 0. The molecule has 0 saturated carbocycles. The number of benzene rings is 1. The number of guanidine groups is 4. The molecule has 20 heteroatoms. The summed E-state index contributed by atoms with van der Waals surface area (Å²) >= 11 is 0. The Morgan fingerprint density at radius 1 is 0.429 bits per heavy atom. The molecule has 0 amide bonds. The molecular formula is C43H56N20. The van der Waals surface area contributed by atoms with Crippen molar-refractivity contribution in [2.24, 2.45) is 0 Å². The number of pyridine rings is 2. The average molecular weight is 853 g/mol. The molecule has 0 fully saturated rings. The Labute approximate surface area is 369 Å². The minimum atomic E-state index is 0.00828. The summed E-state index contributed by atoms with van der Waals surface area (Å²) in [5.74, 6) is 0.0451. The van der Waals surface area contributed by atoms with Gasteiger partial charge in [0.2, 0.25) is 23.8 Å². The van der Waals surface area contributed by atoms with Crippen LogP contribution in [-0.2, 0) is 39.3 Å². The van der Waals surface area contributed by atoms with E-state index in [1.165, 1.54) is 0 Å². The van der Waals surface area contributed by atoms with E-state index in [1.54, 1.807) is 9.80 Å². The monoisotopic (exact) mass is 852 g/mol. The topological polar surface area (TPSA) is 284 Å². The summed E-state index contributed by atoms with van der Waals surface area (Å²) in [4.78, 5) is 21.6. The predicted octanol–water partition coefficient (Wildman–Crippen LogP) is 2.69. The van der Waals surface area contributed by atoms with Gasteiger partial charge in [-0.1, -0.05) is 36.4 Å². The van der Waals surface area contributed by atoms with E-state index in [1.807, 2.05) is 71.0 Å². The normalized spacial score (nSPS) is 16.2. The number of hydrogen-bond acceptors (Lipinski definition) is 12. The fourth-order valence-corrected chi connectivity index (χ4v) is 7.70. The smallest absolute Gasteiger partial charge is 0.204 e. The molecule has 63 heavy (non-hydrogen) atoms. The van der Waals surface area contributed by atoms with Crippen LogP contribution in [-0.4, -0.2) is 116 Å². The predicted molar refractivity (Wildman–Crippen MR) is 236 cm³/mol. The largest absolute Gasteiger partial charge is 0.336 e. The minimum Gasteiger partial charge on any atom is -0.336 e. The van der Waals surface area contributed by atoms with Crippen LogP contribution in [0.25, 0.3) is 0 Å². The van der Waals surface area contributed by atoms with Gasteiger partial charge in [0.1, 0.15) is 0 Å². The second kappa shape index (κ2) is 24.7. The molecule has 328 valence electrons. The molecule has 8 N–H and O–H groups in total. The third-order valence-corrected chi connectivity index (χ3v) is 10.8. The van der Waals surface area contributed by atoms with E-state index in [-0.39, 0.29) is 23.8 Å². The molecule has 2 aliphatic heterocycles. The Kier molecular flexibility index (Phi) is 18.2. The quantitative estimate of drug-likeness (QED) is 0.0811. The van der Waals surface area contributed by atoms with Crippen LogP contribution in [0, 0.1) is 67.5 Å². The Bertz CT molecular complexity index is 2120. The van der Waals surface area contributed by atoms with E-state index in [2.05, 4.69) is 55.3 Å². The van der Waals surface area contributed by atoms with E-state index < -0.39 is 0 Å². The van der Waals surface area contributed by atoms with Gasteiger partial charge in [-0.15, -0.1) is 0 Å². The van der Waals surface area contributed by atoms with Crippen LogP contribution in [0.4, 0.5) is 0 Å². The van der Waals surface area contributed by atoms with Crippen LogP contribution in [0.5, 0.6) is 0 Å². The van der Waals surface area contributed by atoms with Crippen LogP contribution >= 0.6 is 0 Å².